The average Bonchev–Trinajstić information content (AvgIpc) is 2.62. The molecule has 0 aliphatic carbocycles. The van der Waals surface area contributed by atoms with Crippen LogP contribution < -0.4 is 11.1 Å². The summed E-state index contributed by atoms with van der Waals surface area (Å²) in [5.74, 6) is 0.681. The lowest BCUT2D eigenvalue weighted by Gasteiger charge is -2.18. The van der Waals surface area contributed by atoms with E-state index in [9.17, 15) is 4.79 Å². The van der Waals surface area contributed by atoms with Crippen molar-refractivity contribution in [1.82, 2.24) is 5.32 Å². The number of carbonyl (C=O) groups excluding carboxylic acids is 1. The Bertz CT molecular complexity index is 662. The van der Waals surface area contributed by atoms with Crippen molar-refractivity contribution < 1.29 is 9.53 Å². The van der Waals surface area contributed by atoms with E-state index in [-0.39, 0.29) is 12.0 Å². The van der Waals surface area contributed by atoms with Crippen LogP contribution in [0.2, 0.25) is 0 Å². The minimum absolute atomic E-state index is 0.222. The Balaban J connectivity index is 2.18. The van der Waals surface area contributed by atoms with Gasteiger partial charge in [0.05, 0.1) is 7.11 Å². The van der Waals surface area contributed by atoms with E-state index in [0.29, 0.717) is 6.54 Å². The minimum Gasteiger partial charge on any atom is -0.468 e. The molecule has 3 N–H and O–H groups in total. The Kier molecular flexibility index (Phi) is 7.15. The molecule has 0 bridgehead atoms. The molecule has 0 amide bonds. The number of nitrogen functional groups attached to an aromatic ring is 1. The Hall–Kier alpha value is -1.98. The van der Waals surface area contributed by atoms with Crippen LogP contribution in [0.15, 0.2) is 48.5 Å². The highest BCUT2D eigenvalue weighted by molar-refractivity contribution is 7.98. The van der Waals surface area contributed by atoms with E-state index in [1.165, 1.54) is 7.11 Å². The summed E-state index contributed by atoms with van der Waals surface area (Å²) in [6.07, 6.45) is 2.77. The van der Waals surface area contributed by atoms with Gasteiger partial charge in [-0.15, -0.1) is 0 Å². The summed E-state index contributed by atoms with van der Waals surface area (Å²) in [4.78, 5) is 11.9. The van der Waals surface area contributed by atoms with Gasteiger partial charge in [-0.05, 0) is 47.3 Å². The number of methoxy groups -OCH3 is 1. The zero-order valence-corrected chi connectivity index (χ0v) is 14.9. The molecule has 0 aromatic heterocycles. The summed E-state index contributed by atoms with van der Waals surface area (Å²) in [5, 5.41) is 3.32. The van der Waals surface area contributed by atoms with Crippen molar-refractivity contribution in [2.24, 2.45) is 0 Å². The zero-order chi connectivity index (χ0) is 17.4. The van der Waals surface area contributed by atoms with Gasteiger partial charge in [-0.1, -0.05) is 36.4 Å². The first kappa shape index (κ1) is 18.4. The van der Waals surface area contributed by atoms with E-state index < -0.39 is 0 Å². The molecular formula is C19H24N2O2S. The summed E-state index contributed by atoms with van der Waals surface area (Å²) in [7, 11) is 1.43. The third-order valence-electron chi connectivity index (χ3n) is 3.85. The topological polar surface area (TPSA) is 64.3 Å². The van der Waals surface area contributed by atoms with Gasteiger partial charge in [0.1, 0.15) is 6.04 Å². The second kappa shape index (κ2) is 9.35. The fourth-order valence-electron chi connectivity index (χ4n) is 2.55. The largest absolute Gasteiger partial charge is 0.468 e. The maximum atomic E-state index is 11.9. The molecule has 2 rings (SSSR count). The first-order valence-corrected chi connectivity index (χ1v) is 9.29. The number of thioether (sulfide) groups is 1. The van der Waals surface area contributed by atoms with Crippen LogP contribution in [-0.2, 0) is 16.1 Å². The fourth-order valence-corrected chi connectivity index (χ4v) is 3.02. The van der Waals surface area contributed by atoms with Gasteiger partial charge in [0.15, 0.2) is 0 Å². The lowest BCUT2D eigenvalue weighted by Crippen LogP contribution is -2.37. The number of hydrogen-bond donors (Lipinski definition) is 2. The molecule has 0 aliphatic rings. The van der Waals surface area contributed by atoms with E-state index in [1.54, 1.807) is 11.8 Å². The minimum atomic E-state index is -0.302. The van der Waals surface area contributed by atoms with Crippen LogP contribution >= 0.6 is 11.8 Å². The third kappa shape index (κ3) is 5.01. The quantitative estimate of drug-likeness (QED) is 0.568. The summed E-state index contributed by atoms with van der Waals surface area (Å²) < 4.78 is 4.90. The molecule has 1 atom stereocenters. The van der Waals surface area contributed by atoms with Crippen molar-refractivity contribution in [3.8, 4) is 11.1 Å². The molecule has 0 saturated heterocycles. The van der Waals surface area contributed by atoms with E-state index in [1.807, 2.05) is 42.7 Å². The normalized spacial score (nSPS) is 11.9. The van der Waals surface area contributed by atoms with Gasteiger partial charge in [-0.2, -0.15) is 11.8 Å². The molecule has 0 radical (unpaired) electrons. The first-order valence-electron chi connectivity index (χ1n) is 7.89. The van der Waals surface area contributed by atoms with E-state index in [4.69, 9.17) is 10.5 Å². The van der Waals surface area contributed by atoms with Crippen LogP contribution in [0.25, 0.3) is 11.1 Å². The van der Waals surface area contributed by atoms with Gasteiger partial charge in [-0.25, -0.2) is 0 Å². The maximum Gasteiger partial charge on any atom is 0.322 e. The second-order valence-corrected chi connectivity index (χ2v) is 6.51. The van der Waals surface area contributed by atoms with Crippen LogP contribution in [0.3, 0.4) is 0 Å². The smallest absolute Gasteiger partial charge is 0.322 e. The van der Waals surface area contributed by atoms with Crippen molar-refractivity contribution in [2.45, 2.75) is 19.0 Å². The van der Waals surface area contributed by atoms with Crippen molar-refractivity contribution in [2.75, 3.05) is 24.9 Å². The zero-order valence-electron chi connectivity index (χ0n) is 14.1. The van der Waals surface area contributed by atoms with Crippen molar-refractivity contribution in [3.63, 3.8) is 0 Å². The van der Waals surface area contributed by atoms with Crippen LogP contribution in [0.5, 0.6) is 0 Å². The van der Waals surface area contributed by atoms with Gasteiger partial charge >= 0.3 is 5.97 Å². The molecule has 2 aromatic rings. The number of rotatable bonds is 8. The van der Waals surface area contributed by atoms with Gasteiger partial charge in [-0.3, -0.25) is 4.79 Å². The fraction of sp³-hybridized carbons (Fsp3) is 0.316. The summed E-state index contributed by atoms with van der Waals surface area (Å²) in [6, 6.07) is 15.7. The van der Waals surface area contributed by atoms with Crippen LogP contribution in [0.4, 0.5) is 5.69 Å². The summed E-state index contributed by atoms with van der Waals surface area (Å²) >= 11 is 1.72. The van der Waals surface area contributed by atoms with Crippen molar-refractivity contribution in [3.05, 3.63) is 54.1 Å². The van der Waals surface area contributed by atoms with Crippen LogP contribution in [0.1, 0.15) is 12.0 Å². The summed E-state index contributed by atoms with van der Waals surface area (Å²) in [6.45, 7) is 0.582. The number of hydrogen-bond acceptors (Lipinski definition) is 5. The number of ether oxygens (including phenoxy) is 1. The van der Waals surface area contributed by atoms with Crippen molar-refractivity contribution >= 4 is 23.4 Å². The highest BCUT2D eigenvalue weighted by Gasteiger charge is 2.18. The predicted octanol–water partition coefficient (Wildman–Crippen LogP) is 3.32. The molecule has 0 saturated carbocycles. The molecule has 0 heterocycles. The second-order valence-electron chi connectivity index (χ2n) is 5.52. The molecule has 0 spiro atoms. The lowest BCUT2D eigenvalue weighted by molar-refractivity contribution is -0.143. The molecule has 128 valence electrons. The maximum absolute atomic E-state index is 11.9. The number of esters is 1. The van der Waals surface area contributed by atoms with E-state index in [2.05, 4.69) is 17.4 Å². The predicted molar refractivity (Wildman–Crippen MR) is 102 cm³/mol. The Morgan fingerprint density at radius 3 is 2.67 bits per heavy atom. The molecule has 4 nitrogen and oxygen atoms in total. The van der Waals surface area contributed by atoms with Crippen LogP contribution in [-0.4, -0.2) is 31.1 Å². The van der Waals surface area contributed by atoms with Crippen LogP contribution in [0, 0.1) is 0 Å². The Labute approximate surface area is 147 Å². The number of nitrogens with two attached hydrogens (primary N) is 1. The lowest BCUT2D eigenvalue weighted by atomic mass is 9.98. The molecule has 1 unspecified atom stereocenters. The number of carbonyl (C=O) groups is 1. The molecular weight excluding hydrogens is 320 g/mol. The number of anilines is 1. The molecule has 5 heteroatoms. The first-order chi connectivity index (χ1) is 11.7. The van der Waals surface area contributed by atoms with Gasteiger partial charge in [0.2, 0.25) is 0 Å². The van der Waals surface area contributed by atoms with Gasteiger partial charge in [0.25, 0.3) is 0 Å². The Morgan fingerprint density at radius 2 is 2.00 bits per heavy atom. The SMILES string of the molecule is COC(=O)C(CCSC)NCc1ccc(N)cc1-c1ccccc1. The molecule has 0 aliphatic heterocycles. The third-order valence-corrected chi connectivity index (χ3v) is 4.50. The highest BCUT2D eigenvalue weighted by atomic mass is 32.2. The number of benzene rings is 2. The average molecular weight is 344 g/mol. The highest BCUT2D eigenvalue weighted by Crippen LogP contribution is 2.26. The van der Waals surface area contributed by atoms with Gasteiger partial charge in [0, 0.05) is 12.2 Å². The molecule has 2 aromatic carbocycles. The van der Waals surface area contributed by atoms with Crippen molar-refractivity contribution in [1.29, 1.82) is 0 Å². The molecule has 24 heavy (non-hydrogen) atoms. The Morgan fingerprint density at radius 1 is 1.25 bits per heavy atom. The number of nitrogens with one attached hydrogen (secondary N) is 1. The standard InChI is InChI=1S/C19H24N2O2S/c1-23-19(22)18(10-11-24-2)21-13-15-8-9-16(20)12-17(15)14-6-4-3-5-7-14/h3-9,12,18,21H,10-11,13,20H2,1-2H3. The van der Waals surface area contributed by atoms with E-state index in [0.717, 1.165) is 34.6 Å². The monoisotopic (exact) mass is 344 g/mol. The molecule has 0 fully saturated rings. The van der Waals surface area contributed by atoms with Gasteiger partial charge < -0.3 is 15.8 Å². The van der Waals surface area contributed by atoms with E-state index >= 15 is 0 Å². The summed E-state index contributed by atoms with van der Waals surface area (Å²) in [5.41, 5.74) is 9.98.